The number of para-hydroxylation sites is 2. The highest BCUT2D eigenvalue weighted by atomic mass is 31.3. The second-order valence-electron chi connectivity index (χ2n) is 10.9. The molecule has 1 fully saturated rings. The summed E-state index contributed by atoms with van der Waals surface area (Å²) < 4.78 is 66.8. The molecule has 3 N–H and O–H groups in total. The zero-order chi connectivity index (χ0) is 37.7. The molecule has 3 aromatic rings. The summed E-state index contributed by atoms with van der Waals surface area (Å²) in [6.07, 6.45) is -6.65. The molecule has 4 rings (SSSR count). The molecule has 19 nitrogen and oxygen atoms in total. The summed E-state index contributed by atoms with van der Waals surface area (Å²) in [7, 11) is -10.5. The molecular formula is C31H37N3O16P2. The molecule has 0 spiro atoms. The molecule has 0 saturated carbocycles. The predicted molar refractivity (Wildman–Crippen MR) is 178 cm³/mol. The van der Waals surface area contributed by atoms with Crippen molar-refractivity contribution < 1.29 is 70.3 Å². The number of amides is 1. The number of hydrogen-bond donors (Lipinski definition) is 3. The number of aromatic nitrogens is 2. The maximum atomic E-state index is 13.3. The van der Waals surface area contributed by atoms with Crippen molar-refractivity contribution in [3.63, 3.8) is 0 Å². The SMILES string of the molecule is CCCCC(=O)Nc1ccn([C@@H]2O[C@H](COP(=O)(O)OP(=O)(O)OCCC)[C@H](OC(=O)Oc3ccccc3)C2OC(=O)Oc2ccccc2)c(=O)n1. The lowest BCUT2D eigenvalue weighted by atomic mass is 10.1. The molecule has 2 aromatic carbocycles. The number of nitrogens with one attached hydrogen (secondary N) is 1. The zero-order valence-corrected chi connectivity index (χ0v) is 29.7. The molecular weight excluding hydrogens is 732 g/mol. The molecule has 3 unspecified atom stereocenters. The first kappa shape index (κ1) is 40.3. The van der Waals surface area contributed by atoms with Crippen molar-refractivity contribution in [1.29, 1.82) is 0 Å². The van der Waals surface area contributed by atoms with Gasteiger partial charge in [-0.15, -0.1) is 0 Å². The van der Waals surface area contributed by atoms with Gasteiger partial charge in [-0.25, -0.2) is 23.5 Å². The molecule has 1 amide bonds. The van der Waals surface area contributed by atoms with Crippen LogP contribution in [0, 0.1) is 0 Å². The lowest BCUT2D eigenvalue weighted by Crippen LogP contribution is -2.43. The van der Waals surface area contributed by atoms with E-state index >= 15 is 0 Å². The van der Waals surface area contributed by atoms with E-state index in [1.54, 1.807) is 43.3 Å². The summed E-state index contributed by atoms with van der Waals surface area (Å²) in [6.45, 7) is 2.20. The summed E-state index contributed by atoms with van der Waals surface area (Å²) in [4.78, 5) is 75.5. The van der Waals surface area contributed by atoms with Crippen molar-refractivity contribution in [1.82, 2.24) is 9.55 Å². The zero-order valence-electron chi connectivity index (χ0n) is 27.9. The minimum Gasteiger partial charge on any atom is -0.424 e. The third-order valence-corrected chi connectivity index (χ3v) is 9.47. The average molecular weight is 770 g/mol. The number of unbranched alkanes of at least 4 members (excludes halogenated alkanes) is 1. The van der Waals surface area contributed by atoms with Crippen molar-refractivity contribution in [2.24, 2.45) is 0 Å². The van der Waals surface area contributed by atoms with Gasteiger partial charge in [-0.3, -0.25) is 18.4 Å². The molecule has 2 heterocycles. The van der Waals surface area contributed by atoms with Gasteiger partial charge in [-0.05, 0) is 43.2 Å². The number of anilines is 1. The van der Waals surface area contributed by atoms with E-state index in [1.807, 2.05) is 6.92 Å². The number of nitrogens with zero attached hydrogens (tertiary/aromatic N) is 2. The van der Waals surface area contributed by atoms with E-state index < -0.39 is 64.8 Å². The molecule has 282 valence electrons. The normalized spacial score (nSPS) is 20.5. The van der Waals surface area contributed by atoms with E-state index in [4.69, 9.17) is 28.2 Å². The van der Waals surface area contributed by atoms with Crippen LogP contribution >= 0.6 is 15.6 Å². The van der Waals surface area contributed by atoms with Gasteiger partial charge in [-0.2, -0.15) is 9.29 Å². The van der Waals surface area contributed by atoms with E-state index in [-0.39, 0.29) is 42.7 Å². The van der Waals surface area contributed by atoms with Crippen LogP contribution in [0.1, 0.15) is 45.8 Å². The van der Waals surface area contributed by atoms with Crippen LogP contribution in [0.3, 0.4) is 0 Å². The smallest absolute Gasteiger partial charge is 0.424 e. The minimum atomic E-state index is -5.39. The molecule has 1 aliphatic heterocycles. The Labute approximate surface area is 296 Å². The fourth-order valence-corrected chi connectivity index (χ4v) is 6.71. The quantitative estimate of drug-likeness (QED) is 0.0918. The summed E-state index contributed by atoms with van der Waals surface area (Å²) in [5, 5.41) is 2.50. The van der Waals surface area contributed by atoms with E-state index in [0.717, 1.165) is 17.2 Å². The first-order chi connectivity index (χ1) is 24.8. The van der Waals surface area contributed by atoms with E-state index in [1.165, 1.54) is 30.3 Å². The fraction of sp³-hybridized carbons (Fsp3) is 0.387. The molecule has 1 aromatic heterocycles. The van der Waals surface area contributed by atoms with E-state index in [0.29, 0.717) is 6.42 Å². The fourth-order valence-electron chi connectivity index (χ4n) is 4.54. The van der Waals surface area contributed by atoms with Gasteiger partial charge >= 0.3 is 33.6 Å². The van der Waals surface area contributed by atoms with Crippen LogP contribution in [0.4, 0.5) is 15.4 Å². The number of ether oxygens (including phenoxy) is 5. The molecule has 52 heavy (non-hydrogen) atoms. The summed E-state index contributed by atoms with van der Waals surface area (Å²) in [5.74, 6) is -0.382. The van der Waals surface area contributed by atoms with Crippen LogP contribution in [0.5, 0.6) is 11.5 Å². The summed E-state index contributed by atoms with van der Waals surface area (Å²) in [5.41, 5.74) is -1.03. The number of hydrogen-bond acceptors (Lipinski definition) is 15. The Morgan fingerprint density at radius 3 is 1.98 bits per heavy atom. The van der Waals surface area contributed by atoms with E-state index in [9.17, 15) is 38.1 Å². The first-order valence-corrected chi connectivity index (χ1v) is 18.9. The van der Waals surface area contributed by atoms with Gasteiger partial charge in [-0.1, -0.05) is 56.7 Å². The number of benzene rings is 2. The Morgan fingerprint density at radius 1 is 0.846 bits per heavy atom. The van der Waals surface area contributed by atoms with Gasteiger partial charge in [0.05, 0.1) is 13.2 Å². The molecule has 21 heteroatoms. The largest absolute Gasteiger partial charge is 0.514 e. The van der Waals surface area contributed by atoms with Crippen LogP contribution in [0.2, 0.25) is 0 Å². The predicted octanol–water partition coefficient (Wildman–Crippen LogP) is 5.10. The molecule has 1 aliphatic rings. The molecule has 0 bridgehead atoms. The maximum absolute atomic E-state index is 13.3. The standard InChI is InChI=1S/C31H37N3O16P2/c1-3-5-16-25(35)32-24-17-18-34(29(36)33-24)28-27(49-31(38)46-22-14-10-7-11-15-22)26(48-30(37)45-21-12-8-6-9-13-21)23(47-28)20-44-52(41,42)50-51(39,40)43-19-4-2/h6-15,17-18,23,26-28H,3-5,16,19-20H2,1-2H3,(H,39,40)(H,41,42)(H,32,33,35,36)/t23-,26+,27?,28-/m1/s1. The van der Waals surface area contributed by atoms with Crippen molar-refractivity contribution in [2.75, 3.05) is 18.5 Å². The van der Waals surface area contributed by atoms with Gasteiger partial charge in [0, 0.05) is 12.6 Å². The Balaban J connectivity index is 1.66. The van der Waals surface area contributed by atoms with Crippen molar-refractivity contribution in [2.45, 2.75) is 64.1 Å². The first-order valence-electron chi connectivity index (χ1n) is 15.9. The number of carbonyl (C=O) groups is 3. The maximum Gasteiger partial charge on any atom is 0.514 e. The van der Waals surface area contributed by atoms with Gasteiger partial charge in [0.25, 0.3) is 0 Å². The van der Waals surface area contributed by atoms with Crippen LogP contribution < -0.4 is 20.5 Å². The van der Waals surface area contributed by atoms with Gasteiger partial charge in [0.2, 0.25) is 5.91 Å². The van der Waals surface area contributed by atoms with Gasteiger partial charge < -0.3 is 38.8 Å². The van der Waals surface area contributed by atoms with Crippen LogP contribution in [0.15, 0.2) is 77.7 Å². The number of rotatable bonds is 17. The molecule has 1 saturated heterocycles. The van der Waals surface area contributed by atoms with Crippen molar-refractivity contribution >= 4 is 39.7 Å². The third-order valence-electron chi connectivity index (χ3n) is 6.83. The average Bonchev–Trinajstić information content (AvgIpc) is 3.41. The molecule has 0 aliphatic carbocycles. The Hall–Kier alpha value is -4.45. The van der Waals surface area contributed by atoms with Crippen LogP contribution in [-0.2, 0) is 41.5 Å². The molecule has 6 atom stereocenters. The highest BCUT2D eigenvalue weighted by Crippen LogP contribution is 2.60. The number of phosphoric acid groups is 2. The second kappa shape index (κ2) is 18.9. The van der Waals surface area contributed by atoms with Crippen LogP contribution in [-0.4, -0.2) is 69.1 Å². The van der Waals surface area contributed by atoms with Gasteiger partial charge in [0.15, 0.2) is 18.4 Å². The third kappa shape index (κ3) is 12.4. The van der Waals surface area contributed by atoms with Crippen molar-refractivity contribution in [3.8, 4) is 11.5 Å². The lowest BCUT2D eigenvalue weighted by molar-refractivity contribution is -0.116. The topological polar surface area (TPSA) is 247 Å². The molecule has 0 radical (unpaired) electrons. The highest BCUT2D eigenvalue weighted by Gasteiger charge is 2.53. The Morgan fingerprint density at radius 2 is 1.42 bits per heavy atom. The minimum absolute atomic E-state index is 0.0488. The summed E-state index contributed by atoms with van der Waals surface area (Å²) in [6, 6.07) is 16.6. The lowest BCUT2D eigenvalue weighted by Gasteiger charge is -2.24. The van der Waals surface area contributed by atoms with Crippen molar-refractivity contribution in [3.05, 3.63) is 83.4 Å². The van der Waals surface area contributed by atoms with Crippen LogP contribution in [0.25, 0.3) is 0 Å². The number of phosphoric ester groups is 2. The highest BCUT2D eigenvalue weighted by molar-refractivity contribution is 7.61. The van der Waals surface area contributed by atoms with E-state index in [2.05, 4.69) is 19.1 Å². The second-order valence-corrected chi connectivity index (χ2v) is 13.9. The number of carbonyl (C=O) groups excluding carboxylic acids is 3. The summed E-state index contributed by atoms with van der Waals surface area (Å²) >= 11 is 0. The Bertz CT molecular complexity index is 1810. The monoisotopic (exact) mass is 769 g/mol. The van der Waals surface area contributed by atoms with Gasteiger partial charge in [0.1, 0.15) is 23.4 Å². The Kier molecular flexibility index (Phi) is 14.6.